The molecule has 2 aromatic heterocycles. The van der Waals surface area contributed by atoms with E-state index in [-0.39, 0.29) is 10.8 Å². The molecular formula is C24H30N2O2. The van der Waals surface area contributed by atoms with Crippen LogP contribution in [-0.4, -0.2) is 16.6 Å². The first kappa shape index (κ1) is 20.1. The van der Waals surface area contributed by atoms with Gasteiger partial charge in [0.05, 0.1) is 12.1 Å². The fourth-order valence-electron chi connectivity index (χ4n) is 3.25. The van der Waals surface area contributed by atoms with Crippen molar-refractivity contribution in [1.82, 2.24) is 9.97 Å². The highest BCUT2D eigenvalue weighted by Crippen LogP contribution is 2.29. The highest BCUT2D eigenvalue weighted by Gasteiger charge is 2.16. The minimum Gasteiger partial charge on any atom is -0.477 e. The fraction of sp³-hybridized carbons (Fsp3) is 0.417. The summed E-state index contributed by atoms with van der Waals surface area (Å²) in [5.41, 5.74) is 5.04. The molecule has 0 fully saturated rings. The molecule has 4 nitrogen and oxygen atoms in total. The van der Waals surface area contributed by atoms with Crippen molar-refractivity contribution in [3.05, 3.63) is 57.9 Å². The zero-order chi connectivity index (χ0) is 20.5. The van der Waals surface area contributed by atoms with Gasteiger partial charge in [-0.25, -0.2) is 4.98 Å². The number of hydrogen-bond donors (Lipinski definition) is 1. The normalized spacial score (nSPS) is 12.0. The Morgan fingerprint density at radius 2 is 1.89 bits per heavy atom. The maximum atomic E-state index is 12.9. The maximum Gasteiger partial charge on any atom is 0.226 e. The molecule has 4 heteroatoms. The molecule has 0 radical (unpaired) electrons. The summed E-state index contributed by atoms with van der Waals surface area (Å²) in [4.78, 5) is 20.6. The van der Waals surface area contributed by atoms with E-state index in [9.17, 15) is 4.79 Å². The lowest BCUT2D eigenvalue weighted by Gasteiger charge is -2.20. The summed E-state index contributed by atoms with van der Waals surface area (Å²) in [6.07, 6.45) is 2.61. The molecule has 0 unspecified atom stereocenters. The summed E-state index contributed by atoms with van der Waals surface area (Å²) in [6.45, 7) is 13.5. The number of aromatic nitrogens is 2. The van der Waals surface area contributed by atoms with Gasteiger partial charge in [-0.05, 0) is 41.9 Å². The average molecular weight is 379 g/mol. The van der Waals surface area contributed by atoms with Crippen LogP contribution in [0.15, 0.2) is 41.3 Å². The molecule has 0 bridgehead atoms. The smallest absolute Gasteiger partial charge is 0.226 e. The molecule has 0 saturated heterocycles. The zero-order valence-electron chi connectivity index (χ0n) is 17.7. The minimum absolute atomic E-state index is 0.0734. The molecule has 28 heavy (non-hydrogen) atoms. The standard InChI is InChI=1S/C24H30N2O2/c1-15(2)10-12-28-23-22-19(9-11-25-23)26-20(14-21(22)27)18-8-7-17(13-16(18)3)24(4,5)6/h7-9,11,13-15H,10,12H2,1-6H3,(H,26,27). The van der Waals surface area contributed by atoms with Gasteiger partial charge in [-0.1, -0.05) is 52.8 Å². The molecule has 3 rings (SSSR count). The molecule has 0 spiro atoms. The maximum absolute atomic E-state index is 12.9. The van der Waals surface area contributed by atoms with Crippen LogP contribution in [0.25, 0.3) is 22.2 Å². The monoisotopic (exact) mass is 378 g/mol. The van der Waals surface area contributed by atoms with Gasteiger partial charge in [-0.2, -0.15) is 0 Å². The van der Waals surface area contributed by atoms with Crippen LogP contribution in [0.1, 0.15) is 52.2 Å². The van der Waals surface area contributed by atoms with Gasteiger partial charge in [0, 0.05) is 23.5 Å². The number of aromatic amines is 1. The van der Waals surface area contributed by atoms with Gasteiger partial charge >= 0.3 is 0 Å². The van der Waals surface area contributed by atoms with Crippen molar-refractivity contribution in [2.45, 2.75) is 53.4 Å². The van der Waals surface area contributed by atoms with Gasteiger partial charge in [-0.15, -0.1) is 0 Å². The van der Waals surface area contributed by atoms with Crippen molar-refractivity contribution in [3.63, 3.8) is 0 Å². The van der Waals surface area contributed by atoms with Gasteiger partial charge in [0.1, 0.15) is 5.39 Å². The number of benzene rings is 1. The third-order valence-electron chi connectivity index (χ3n) is 5.02. The van der Waals surface area contributed by atoms with Crippen LogP contribution < -0.4 is 10.2 Å². The summed E-state index contributed by atoms with van der Waals surface area (Å²) < 4.78 is 5.80. The fourth-order valence-corrected chi connectivity index (χ4v) is 3.25. The van der Waals surface area contributed by atoms with Crippen LogP contribution in [0.4, 0.5) is 0 Å². The van der Waals surface area contributed by atoms with E-state index in [0.717, 1.165) is 28.8 Å². The number of nitrogens with zero attached hydrogens (tertiary/aromatic N) is 1. The third-order valence-corrected chi connectivity index (χ3v) is 5.02. The highest BCUT2D eigenvalue weighted by atomic mass is 16.5. The Labute approximate surface area is 167 Å². The lowest BCUT2D eigenvalue weighted by Crippen LogP contribution is -2.12. The molecule has 1 aromatic carbocycles. The van der Waals surface area contributed by atoms with Crippen molar-refractivity contribution < 1.29 is 4.74 Å². The Bertz CT molecular complexity index is 1040. The molecular weight excluding hydrogens is 348 g/mol. The molecule has 148 valence electrons. The highest BCUT2D eigenvalue weighted by molar-refractivity contribution is 5.85. The Morgan fingerprint density at radius 3 is 2.54 bits per heavy atom. The van der Waals surface area contributed by atoms with E-state index in [1.807, 2.05) is 6.07 Å². The van der Waals surface area contributed by atoms with Gasteiger partial charge in [-0.3, -0.25) is 4.79 Å². The second kappa shape index (κ2) is 7.78. The number of nitrogens with one attached hydrogen (secondary N) is 1. The molecule has 0 saturated carbocycles. The van der Waals surface area contributed by atoms with Crippen LogP contribution in [0.2, 0.25) is 0 Å². The van der Waals surface area contributed by atoms with Gasteiger partial charge < -0.3 is 9.72 Å². The Morgan fingerprint density at radius 1 is 1.14 bits per heavy atom. The van der Waals surface area contributed by atoms with Crippen LogP contribution in [-0.2, 0) is 5.41 Å². The van der Waals surface area contributed by atoms with Gasteiger partial charge in [0.2, 0.25) is 5.88 Å². The molecule has 3 aromatic rings. The second-order valence-corrected chi connectivity index (χ2v) is 8.90. The summed E-state index contributed by atoms with van der Waals surface area (Å²) in [5.74, 6) is 0.949. The van der Waals surface area contributed by atoms with Crippen molar-refractivity contribution in [1.29, 1.82) is 0 Å². The predicted molar refractivity (Wildman–Crippen MR) is 116 cm³/mol. The molecule has 0 atom stereocenters. The molecule has 0 aliphatic rings. The van der Waals surface area contributed by atoms with Crippen molar-refractivity contribution in [2.24, 2.45) is 5.92 Å². The first-order chi connectivity index (χ1) is 13.2. The zero-order valence-corrected chi connectivity index (χ0v) is 17.7. The SMILES string of the molecule is Cc1cc(C(C)(C)C)ccc1-c1cc(=O)c2c(OCCC(C)C)nccc2[nH]1. The van der Waals surface area contributed by atoms with Crippen molar-refractivity contribution >= 4 is 10.9 Å². The first-order valence-electron chi connectivity index (χ1n) is 9.93. The third kappa shape index (κ3) is 4.27. The largest absolute Gasteiger partial charge is 0.477 e. The van der Waals surface area contributed by atoms with E-state index >= 15 is 0 Å². The summed E-state index contributed by atoms with van der Waals surface area (Å²) in [5, 5.41) is 0.513. The number of pyridine rings is 2. The molecule has 1 N–H and O–H groups in total. The van der Waals surface area contributed by atoms with E-state index in [1.165, 1.54) is 5.56 Å². The molecule has 0 aliphatic carbocycles. The predicted octanol–water partition coefficient (Wildman–Crippen LogP) is 5.62. The Hall–Kier alpha value is -2.62. The van der Waals surface area contributed by atoms with Gasteiger partial charge in [0.15, 0.2) is 5.43 Å². The summed E-state index contributed by atoms with van der Waals surface area (Å²) in [7, 11) is 0. The number of fused-ring (bicyclic) bond motifs is 1. The van der Waals surface area contributed by atoms with E-state index in [0.29, 0.717) is 23.8 Å². The minimum atomic E-state index is -0.0734. The van der Waals surface area contributed by atoms with E-state index < -0.39 is 0 Å². The Kier molecular flexibility index (Phi) is 5.59. The number of aryl methyl sites for hydroxylation is 1. The van der Waals surface area contributed by atoms with E-state index in [4.69, 9.17) is 4.74 Å². The van der Waals surface area contributed by atoms with Gasteiger partial charge in [0.25, 0.3) is 0 Å². The molecule has 0 aliphatic heterocycles. The first-order valence-corrected chi connectivity index (χ1v) is 9.93. The van der Waals surface area contributed by atoms with Crippen LogP contribution in [0, 0.1) is 12.8 Å². The molecule has 0 amide bonds. The van der Waals surface area contributed by atoms with Crippen molar-refractivity contribution in [3.8, 4) is 17.1 Å². The molecule has 2 heterocycles. The number of hydrogen-bond acceptors (Lipinski definition) is 3. The van der Waals surface area contributed by atoms with E-state index in [1.54, 1.807) is 12.3 Å². The lowest BCUT2D eigenvalue weighted by molar-refractivity contribution is 0.283. The average Bonchev–Trinajstić information content (AvgIpc) is 2.60. The van der Waals surface area contributed by atoms with Crippen molar-refractivity contribution in [2.75, 3.05) is 6.61 Å². The number of ether oxygens (including phenoxy) is 1. The van der Waals surface area contributed by atoms with E-state index in [2.05, 4.69) is 69.7 Å². The van der Waals surface area contributed by atoms with Crippen LogP contribution >= 0.6 is 0 Å². The summed E-state index contributed by atoms with van der Waals surface area (Å²) in [6, 6.07) is 9.91. The lowest BCUT2D eigenvalue weighted by atomic mass is 9.85. The summed E-state index contributed by atoms with van der Waals surface area (Å²) >= 11 is 0. The number of rotatable bonds is 5. The Balaban J connectivity index is 2.02. The second-order valence-electron chi connectivity index (χ2n) is 8.90. The van der Waals surface area contributed by atoms with Crippen LogP contribution in [0.5, 0.6) is 5.88 Å². The topological polar surface area (TPSA) is 55.0 Å². The quantitative estimate of drug-likeness (QED) is 0.627. The van der Waals surface area contributed by atoms with Crippen LogP contribution in [0.3, 0.4) is 0 Å². The number of H-pyrrole nitrogens is 1.